The Balaban J connectivity index is 1.26. The van der Waals surface area contributed by atoms with Crippen LogP contribution in [0.5, 0.6) is 11.6 Å². The Labute approximate surface area is 196 Å². The van der Waals surface area contributed by atoms with Gasteiger partial charge in [0.1, 0.15) is 11.6 Å². The Kier molecular flexibility index (Phi) is 7.15. The summed E-state index contributed by atoms with van der Waals surface area (Å²) in [5.41, 5.74) is 0.747. The van der Waals surface area contributed by atoms with E-state index in [4.69, 9.17) is 4.74 Å². The van der Waals surface area contributed by atoms with Gasteiger partial charge in [-0.1, -0.05) is 30.3 Å². The number of hydrogen-bond acceptors (Lipinski definition) is 5. The summed E-state index contributed by atoms with van der Waals surface area (Å²) in [6.07, 6.45) is 1.52. The highest BCUT2D eigenvalue weighted by Gasteiger charge is 2.14. The van der Waals surface area contributed by atoms with Gasteiger partial charge in [0.05, 0.1) is 4.90 Å². The SMILES string of the molecule is O=C(CCNS(=O)(=O)c1ccc2ccccc2c1)NCc1ccnc(Oc2ccc(F)cc2)c1. The fourth-order valence-electron chi connectivity index (χ4n) is 3.25. The topological polar surface area (TPSA) is 97.4 Å². The van der Waals surface area contributed by atoms with Gasteiger partial charge >= 0.3 is 0 Å². The van der Waals surface area contributed by atoms with Crippen molar-refractivity contribution in [2.24, 2.45) is 0 Å². The maximum atomic E-state index is 13.0. The lowest BCUT2D eigenvalue weighted by Crippen LogP contribution is -2.30. The maximum absolute atomic E-state index is 13.0. The average Bonchev–Trinajstić information content (AvgIpc) is 2.84. The second-order valence-corrected chi connectivity index (χ2v) is 9.26. The van der Waals surface area contributed by atoms with Crippen LogP contribution in [0.3, 0.4) is 0 Å². The molecular formula is C25H22FN3O4S. The van der Waals surface area contributed by atoms with E-state index in [-0.39, 0.29) is 36.1 Å². The normalized spacial score (nSPS) is 11.3. The smallest absolute Gasteiger partial charge is 0.240 e. The number of pyridine rings is 1. The number of nitrogens with one attached hydrogen (secondary N) is 2. The number of amides is 1. The highest BCUT2D eigenvalue weighted by molar-refractivity contribution is 7.89. The van der Waals surface area contributed by atoms with Gasteiger partial charge < -0.3 is 10.1 Å². The van der Waals surface area contributed by atoms with Gasteiger partial charge in [0.25, 0.3) is 0 Å². The molecule has 0 saturated carbocycles. The molecular weight excluding hydrogens is 457 g/mol. The van der Waals surface area contributed by atoms with E-state index in [2.05, 4.69) is 15.0 Å². The molecule has 4 rings (SSSR count). The average molecular weight is 480 g/mol. The fourth-order valence-corrected chi connectivity index (χ4v) is 4.31. The van der Waals surface area contributed by atoms with E-state index in [9.17, 15) is 17.6 Å². The molecule has 7 nitrogen and oxygen atoms in total. The lowest BCUT2D eigenvalue weighted by Gasteiger charge is -2.09. The lowest BCUT2D eigenvalue weighted by molar-refractivity contribution is -0.121. The summed E-state index contributed by atoms with van der Waals surface area (Å²) >= 11 is 0. The van der Waals surface area contributed by atoms with E-state index < -0.39 is 10.0 Å². The van der Waals surface area contributed by atoms with Crippen molar-refractivity contribution in [3.63, 3.8) is 0 Å². The molecule has 0 bridgehead atoms. The van der Waals surface area contributed by atoms with Crippen LogP contribution in [0.2, 0.25) is 0 Å². The van der Waals surface area contributed by atoms with Crippen LogP contribution in [0.15, 0.2) is 90.0 Å². The number of rotatable bonds is 9. The molecule has 0 saturated heterocycles. The summed E-state index contributed by atoms with van der Waals surface area (Å²) in [6, 6.07) is 21.3. The fraction of sp³-hybridized carbons (Fsp3) is 0.120. The van der Waals surface area contributed by atoms with E-state index >= 15 is 0 Å². The van der Waals surface area contributed by atoms with Gasteiger partial charge in [-0.3, -0.25) is 4.79 Å². The number of ether oxygens (including phenoxy) is 1. The molecule has 0 aliphatic heterocycles. The quantitative estimate of drug-likeness (QED) is 0.376. The number of nitrogens with zero attached hydrogens (tertiary/aromatic N) is 1. The number of aromatic nitrogens is 1. The van der Waals surface area contributed by atoms with Crippen LogP contribution in [0.1, 0.15) is 12.0 Å². The molecule has 9 heteroatoms. The summed E-state index contributed by atoms with van der Waals surface area (Å²) in [6.45, 7) is 0.189. The summed E-state index contributed by atoms with van der Waals surface area (Å²) in [4.78, 5) is 16.4. The highest BCUT2D eigenvalue weighted by Crippen LogP contribution is 2.20. The van der Waals surface area contributed by atoms with Crippen molar-refractivity contribution in [2.45, 2.75) is 17.9 Å². The van der Waals surface area contributed by atoms with Crippen LogP contribution in [-0.4, -0.2) is 25.9 Å². The maximum Gasteiger partial charge on any atom is 0.240 e. The van der Waals surface area contributed by atoms with Gasteiger partial charge in [0.2, 0.25) is 21.8 Å². The van der Waals surface area contributed by atoms with Gasteiger partial charge in [-0.2, -0.15) is 0 Å². The van der Waals surface area contributed by atoms with Crippen LogP contribution in [0.4, 0.5) is 4.39 Å². The number of hydrogen-bond donors (Lipinski definition) is 2. The largest absolute Gasteiger partial charge is 0.439 e. The zero-order chi connectivity index (χ0) is 24.0. The minimum atomic E-state index is -3.73. The predicted octanol–water partition coefficient (Wildman–Crippen LogP) is 4.15. The predicted molar refractivity (Wildman–Crippen MR) is 126 cm³/mol. The van der Waals surface area contributed by atoms with Crippen molar-refractivity contribution >= 4 is 26.7 Å². The number of carbonyl (C=O) groups excluding carboxylic acids is 1. The van der Waals surface area contributed by atoms with E-state index in [0.717, 1.165) is 16.3 Å². The summed E-state index contributed by atoms with van der Waals surface area (Å²) < 4.78 is 46.2. The third-order valence-electron chi connectivity index (χ3n) is 5.00. The summed E-state index contributed by atoms with van der Waals surface area (Å²) in [7, 11) is -3.73. The summed E-state index contributed by atoms with van der Waals surface area (Å²) in [5.74, 6) is 0.0747. The number of halogens is 1. The molecule has 4 aromatic rings. The third-order valence-corrected chi connectivity index (χ3v) is 6.46. The standard InChI is InChI=1S/C25H22FN3O4S/c26-21-6-8-22(9-7-21)33-25-15-18(11-13-27-25)17-28-24(30)12-14-29-34(31,32)23-10-5-19-3-1-2-4-20(19)16-23/h1-11,13,15-16,29H,12,14,17H2,(H,28,30). The van der Waals surface area contributed by atoms with Crippen LogP contribution in [-0.2, 0) is 21.4 Å². The first-order valence-electron chi connectivity index (χ1n) is 10.5. The van der Waals surface area contributed by atoms with E-state index in [1.807, 2.05) is 24.3 Å². The van der Waals surface area contributed by atoms with Crippen LogP contribution in [0, 0.1) is 5.82 Å². The van der Waals surface area contributed by atoms with Crippen molar-refractivity contribution < 1.29 is 22.3 Å². The zero-order valence-electron chi connectivity index (χ0n) is 18.1. The molecule has 2 N–H and O–H groups in total. The Morgan fingerprint density at radius 2 is 1.71 bits per heavy atom. The van der Waals surface area contributed by atoms with Gasteiger partial charge in [0.15, 0.2) is 0 Å². The van der Waals surface area contributed by atoms with Crippen molar-refractivity contribution in [1.82, 2.24) is 15.0 Å². The zero-order valence-corrected chi connectivity index (χ0v) is 18.9. The van der Waals surface area contributed by atoms with Gasteiger partial charge in [0, 0.05) is 31.8 Å². The lowest BCUT2D eigenvalue weighted by atomic mass is 10.1. The van der Waals surface area contributed by atoms with Crippen LogP contribution < -0.4 is 14.8 Å². The van der Waals surface area contributed by atoms with E-state index in [1.54, 1.807) is 30.3 Å². The van der Waals surface area contributed by atoms with Crippen molar-refractivity contribution in [2.75, 3.05) is 6.54 Å². The molecule has 0 atom stereocenters. The van der Waals surface area contributed by atoms with E-state index in [0.29, 0.717) is 11.6 Å². The molecule has 0 fully saturated rings. The molecule has 1 amide bonds. The van der Waals surface area contributed by atoms with Crippen molar-refractivity contribution in [3.05, 3.63) is 96.4 Å². The molecule has 0 aliphatic rings. The molecule has 0 unspecified atom stereocenters. The number of carbonyl (C=O) groups is 1. The third kappa shape index (κ3) is 6.15. The van der Waals surface area contributed by atoms with Crippen LogP contribution in [0.25, 0.3) is 10.8 Å². The minimum Gasteiger partial charge on any atom is -0.439 e. The minimum absolute atomic E-state index is 0.0170. The van der Waals surface area contributed by atoms with Gasteiger partial charge in [-0.05, 0) is 58.8 Å². The molecule has 174 valence electrons. The number of fused-ring (bicyclic) bond motifs is 1. The Morgan fingerprint density at radius 1 is 0.941 bits per heavy atom. The Hall–Kier alpha value is -3.82. The highest BCUT2D eigenvalue weighted by atomic mass is 32.2. The molecule has 3 aromatic carbocycles. The Morgan fingerprint density at radius 3 is 2.50 bits per heavy atom. The molecule has 0 spiro atoms. The monoisotopic (exact) mass is 479 g/mol. The van der Waals surface area contributed by atoms with Gasteiger partial charge in [-0.25, -0.2) is 22.5 Å². The molecule has 0 aliphatic carbocycles. The van der Waals surface area contributed by atoms with E-state index in [1.165, 1.54) is 30.5 Å². The van der Waals surface area contributed by atoms with Crippen LogP contribution >= 0.6 is 0 Å². The first-order chi connectivity index (χ1) is 16.4. The first-order valence-corrected chi connectivity index (χ1v) is 12.0. The second kappa shape index (κ2) is 10.4. The molecule has 1 heterocycles. The first kappa shape index (κ1) is 23.3. The van der Waals surface area contributed by atoms with Crippen molar-refractivity contribution in [1.29, 1.82) is 0 Å². The molecule has 1 aromatic heterocycles. The molecule has 34 heavy (non-hydrogen) atoms. The second-order valence-electron chi connectivity index (χ2n) is 7.49. The summed E-state index contributed by atoms with van der Waals surface area (Å²) in [5, 5.41) is 4.51. The number of benzene rings is 3. The van der Waals surface area contributed by atoms with Crippen molar-refractivity contribution in [3.8, 4) is 11.6 Å². The Bertz CT molecular complexity index is 1410. The number of sulfonamides is 1. The van der Waals surface area contributed by atoms with Gasteiger partial charge in [-0.15, -0.1) is 0 Å². The molecule has 0 radical (unpaired) electrons.